The van der Waals surface area contributed by atoms with Gasteiger partial charge in [-0.25, -0.2) is 0 Å². The van der Waals surface area contributed by atoms with Crippen molar-refractivity contribution in [3.63, 3.8) is 0 Å². The molecular weight excluding hydrogens is 550 g/mol. The normalized spacial score (nSPS) is 13.4. The lowest BCUT2D eigenvalue weighted by Crippen LogP contribution is -2.12. The van der Waals surface area contributed by atoms with Crippen molar-refractivity contribution in [2.24, 2.45) is 0 Å². The van der Waals surface area contributed by atoms with Crippen LogP contribution in [-0.4, -0.2) is 22.6 Å². The largest absolute Gasteiger partial charge is 0.492 e. The Kier molecular flexibility index (Phi) is 7.02. The summed E-state index contributed by atoms with van der Waals surface area (Å²) in [6.07, 6.45) is -5.70. The fourth-order valence-electron chi connectivity index (χ4n) is 2.16. The van der Waals surface area contributed by atoms with E-state index in [0.29, 0.717) is 22.2 Å². The highest BCUT2D eigenvalue weighted by Crippen LogP contribution is 2.63. The Morgan fingerprint density at radius 3 is 2.33 bits per heavy atom. The summed E-state index contributed by atoms with van der Waals surface area (Å²) in [5.41, 5.74) is -3.82. The van der Waals surface area contributed by atoms with Crippen LogP contribution in [0.1, 0.15) is 23.3 Å². The summed E-state index contributed by atoms with van der Waals surface area (Å²) in [5, 5.41) is 0.542. The number of rotatable bonds is 7. The van der Waals surface area contributed by atoms with Crippen molar-refractivity contribution < 1.29 is 41.0 Å². The SMILES string of the molecule is O=P(O)(O)C(F)(F)c1sc2c(OCCCC(F)(F)F)cc(CBr)cc2c1Br. The van der Waals surface area contributed by atoms with Gasteiger partial charge in [0.25, 0.3) is 0 Å². The van der Waals surface area contributed by atoms with Crippen LogP contribution in [0.15, 0.2) is 16.6 Å². The van der Waals surface area contributed by atoms with Gasteiger partial charge >= 0.3 is 19.4 Å². The summed E-state index contributed by atoms with van der Waals surface area (Å²) < 4.78 is 81.5. The molecule has 0 fully saturated rings. The van der Waals surface area contributed by atoms with Crippen LogP contribution in [0.4, 0.5) is 22.0 Å². The number of benzene rings is 1. The molecule has 2 rings (SSSR count). The van der Waals surface area contributed by atoms with Crippen molar-refractivity contribution in [1.82, 2.24) is 0 Å². The fourth-order valence-corrected chi connectivity index (χ4v) is 5.46. The first kappa shape index (κ1) is 23.0. The monoisotopic (exact) mass is 560 g/mol. The van der Waals surface area contributed by atoms with Crippen molar-refractivity contribution in [3.8, 4) is 5.75 Å². The van der Waals surface area contributed by atoms with Crippen molar-refractivity contribution in [1.29, 1.82) is 0 Å². The molecule has 0 amide bonds. The highest BCUT2D eigenvalue weighted by Gasteiger charge is 2.53. The second-order valence-electron chi connectivity index (χ2n) is 5.50. The predicted octanol–water partition coefficient (Wildman–Crippen LogP) is 6.51. The Morgan fingerprint density at radius 2 is 1.81 bits per heavy atom. The van der Waals surface area contributed by atoms with Gasteiger partial charge in [0.1, 0.15) is 10.6 Å². The van der Waals surface area contributed by atoms with Crippen LogP contribution >= 0.6 is 50.8 Å². The first-order valence-corrected chi connectivity index (χ1v) is 11.6. The Hall–Kier alpha value is -0.260. The molecule has 2 aromatic rings. The smallest absolute Gasteiger partial charge is 0.400 e. The molecule has 13 heteroatoms. The van der Waals surface area contributed by atoms with E-state index in [2.05, 4.69) is 31.9 Å². The summed E-state index contributed by atoms with van der Waals surface area (Å²) in [5.74, 6) is 0.0718. The van der Waals surface area contributed by atoms with Crippen LogP contribution in [-0.2, 0) is 15.6 Å². The zero-order valence-corrected chi connectivity index (χ0v) is 18.1. The van der Waals surface area contributed by atoms with Crippen molar-refractivity contribution in [3.05, 3.63) is 27.0 Å². The maximum Gasteiger partial charge on any atom is 0.400 e. The Morgan fingerprint density at radius 1 is 1.19 bits per heavy atom. The van der Waals surface area contributed by atoms with E-state index in [9.17, 15) is 26.5 Å². The average molecular weight is 562 g/mol. The van der Waals surface area contributed by atoms with Crippen molar-refractivity contribution >= 4 is 60.9 Å². The van der Waals surface area contributed by atoms with E-state index in [1.807, 2.05) is 0 Å². The third-order valence-electron chi connectivity index (χ3n) is 3.41. The van der Waals surface area contributed by atoms with E-state index in [-0.39, 0.29) is 33.3 Å². The van der Waals surface area contributed by atoms with Gasteiger partial charge in [-0.3, -0.25) is 4.57 Å². The van der Waals surface area contributed by atoms with Crippen LogP contribution in [0, 0.1) is 0 Å². The van der Waals surface area contributed by atoms with Gasteiger partial charge in [-0.05, 0) is 40.0 Å². The zero-order valence-electron chi connectivity index (χ0n) is 13.2. The third-order valence-corrected chi connectivity index (χ3v) is 7.54. The van der Waals surface area contributed by atoms with Gasteiger partial charge in [-0.2, -0.15) is 22.0 Å². The Bertz CT molecular complexity index is 880. The number of ether oxygens (including phenoxy) is 1. The highest BCUT2D eigenvalue weighted by molar-refractivity contribution is 9.10. The third kappa shape index (κ3) is 5.22. The van der Waals surface area contributed by atoms with Crippen LogP contribution in [0.5, 0.6) is 5.75 Å². The summed E-state index contributed by atoms with van der Waals surface area (Å²) >= 11 is 6.57. The van der Waals surface area contributed by atoms with E-state index < -0.39 is 30.7 Å². The van der Waals surface area contributed by atoms with Crippen LogP contribution in [0.25, 0.3) is 10.1 Å². The van der Waals surface area contributed by atoms with Gasteiger partial charge in [0, 0.05) is 21.6 Å². The Balaban J connectivity index is 2.46. The second-order valence-corrected chi connectivity index (χ2v) is 9.53. The number of fused-ring (bicyclic) bond motifs is 1. The van der Waals surface area contributed by atoms with Gasteiger partial charge < -0.3 is 14.5 Å². The number of hydrogen-bond acceptors (Lipinski definition) is 3. The van der Waals surface area contributed by atoms with E-state index in [4.69, 9.17) is 14.5 Å². The minimum Gasteiger partial charge on any atom is -0.492 e. The van der Waals surface area contributed by atoms with Crippen LogP contribution in [0.2, 0.25) is 0 Å². The molecule has 0 saturated carbocycles. The zero-order chi connectivity index (χ0) is 20.6. The maximum atomic E-state index is 14.2. The number of thiophene rings is 1. The molecule has 0 unspecified atom stereocenters. The molecule has 1 aromatic heterocycles. The van der Waals surface area contributed by atoms with E-state index in [1.54, 1.807) is 0 Å². The standard InChI is InChI=1S/C14H12Br2F5O4PS/c15-6-7-4-8-10(16)12(14(20,21)26(22,23)24)27-11(8)9(5-7)25-3-1-2-13(17,18)19/h4-5H,1-3,6H2,(H2,22,23,24). The van der Waals surface area contributed by atoms with Gasteiger partial charge in [-0.1, -0.05) is 15.9 Å². The first-order valence-electron chi connectivity index (χ1n) is 7.22. The molecule has 1 heterocycles. The van der Waals surface area contributed by atoms with Crippen LogP contribution < -0.4 is 4.74 Å². The van der Waals surface area contributed by atoms with E-state index in [1.165, 1.54) is 12.1 Å². The molecule has 0 radical (unpaired) electrons. The summed E-state index contributed by atoms with van der Waals surface area (Å²) in [4.78, 5) is 17.1. The van der Waals surface area contributed by atoms with Gasteiger partial charge in [0.2, 0.25) is 0 Å². The van der Waals surface area contributed by atoms with E-state index in [0.717, 1.165) is 0 Å². The predicted molar refractivity (Wildman–Crippen MR) is 98.9 cm³/mol. The molecule has 0 aliphatic heterocycles. The summed E-state index contributed by atoms with van der Waals surface area (Å²) in [6, 6.07) is 3.00. The Labute approximate surface area is 171 Å². The van der Waals surface area contributed by atoms with Gasteiger partial charge in [0.05, 0.1) is 11.3 Å². The minimum atomic E-state index is -5.78. The molecule has 4 nitrogen and oxygen atoms in total. The molecule has 1 aromatic carbocycles. The first-order chi connectivity index (χ1) is 12.3. The van der Waals surface area contributed by atoms with Crippen molar-refractivity contribution in [2.75, 3.05) is 6.61 Å². The molecule has 0 spiro atoms. The topological polar surface area (TPSA) is 66.8 Å². The molecule has 27 heavy (non-hydrogen) atoms. The average Bonchev–Trinajstić information content (AvgIpc) is 2.87. The lowest BCUT2D eigenvalue weighted by atomic mass is 10.1. The molecule has 0 atom stereocenters. The number of halogens is 7. The lowest BCUT2D eigenvalue weighted by molar-refractivity contribution is -0.136. The number of hydrogen-bond donors (Lipinski definition) is 2. The summed E-state index contributed by atoms with van der Waals surface area (Å²) in [7, 11) is -5.78. The molecule has 152 valence electrons. The fraction of sp³-hybridized carbons (Fsp3) is 0.429. The lowest BCUT2D eigenvalue weighted by Gasteiger charge is -2.16. The minimum absolute atomic E-state index is 0.0718. The van der Waals surface area contributed by atoms with Gasteiger partial charge in [0.15, 0.2) is 0 Å². The van der Waals surface area contributed by atoms with E-state index >= 15 is 0 Å². The van der Waals surface area contributed by atoms with Gasteiger partial charge in [-0.15, -0.1) is 11.3 Å². The molecule has 2 N–H and O–H groups in total. The molecule has 0 saturated heterocycles. The quantitative estimate of drug-likeness (QED) is 0.175. The molecular formula is C14H12Br2F5O4PS. The number of alkyl halides is 6. The second kappa shape index (κ2) is 8.23. The summed E-state index contributed by atoms with van der Waals surface area (Å²) in [6.45, 7) is -0.292. The molecule has 0 bridgehead atoms. The van der Waals surface area contributed by atoms with Crippen molar-refractivity contribution in [2.45, 2.75) is 30.0 Å². The molecule has 0 aliphatic rings. The highest BCUT2D eigenvalue weighted by atomic mass is 79.9. The molecule has 0 aliphatic carbocycles. The maximum absolute atomic E-state index is 14.2. The van der Waals surface area contributed by atoms with Crippen LogP contribution in [0.3, 0.4) is 0 Å².